The molecule has 0 spiro atoms. The molecule has 1 aliphatic heterocycles. The number of amides is 1. The second-order valence-electron chi connectivity index (χ2n) is 5.96. The summed E-state index contributed by atoms with van der Waals surface area (Å²) in [5.41, 5.74) is 6.06. The van der Waals surface area contributed by atoms with E-state index in [1.807, 2.05) is 23.1 Å². The van der Waals surface area contributed by atoms with Crippen LogP contribution in [0.25, 0.3) is 0 Å². The average molecular weight is 290 g/mol. The molecule has 2 aliphatic rings. The van der Waals surface area contributed by atoms with Crippen molar-refractivity contribution in [3.8, 4) is 5.75 Å². The average Bonchev–Trinajstić information content (AvgIpc) is 2.74. The minimum Gasteiger partial charge on any atom is -0.492 e. The molecular formula is C16H22N2O3. The summed E-state index contributed by atoms with van der Waals surface area (Å²) < 4.78 is 5.47. The summed E-state index contributed by atoms with van der Waals surface area (Å²) in [6, 6.07) is 7.23. The molecule has 3 N–H and O–H groups in total. The zero-order valence-corrected chi connectivity index (χ0v) is 12.1. The van der Waals surface area contributed by atoms with Crippen LogP contribution in [0.5, 0.6) is 5.75 Å². The lowest BCUT2D eigenvalue weighted by molar-refractivity contribution is 0.0166. The number of hydrogen-bond donors (Lipinski definition) is 2. The number of rotatable bonds is 4. The lowest BCUT2D eigenvalue weighted by Crippen LogP contribution is -2.47. The highest BCUT2D eigenvalue weighted by Crippen LogP contribution is 2.37. The maximum Gasteiger partial charge on any atom is 0.254 e. The Balaban J connectivity index is 1.70. The molecule has 1 amide bonds. The Labute approximate surface area is 124 Å². The predicted octanol–water partition coefficient (Wildman–Crippen LogP) is 0.867. The molecule has 3 rings (SSSR count). The van der Waals surface area contributed by atoms with Gasteiger partial charge in [-0.25, -0.2) is 0 Å². The van der Waals surface area contributed by atoms with Crippen molar-refractivity contribution in [2.45, 2.75) is 18.9 Å². The molecule has 1 saturated heterocycles. The van der Waals surface area contributed by atoms with E-state index in [0.29, 0.717) is 37.6 Å². The third kappa shape index (κ3) is 2.89. The number of aliphatic hydroxyl groups is 1. The Morgan fingerprint density at radius 2 is 2.05 bits per heavy atom. The van der Waals surface area contributed by atoms with E-state index in [4.69, 9.17) is 10.5 Å². The van der Waals surface area contributed by atoms with Crippen LogP contribution in [-0.2, 0) is 0 Å². The summed E-state index contributed by atoms with van der Waals surface area (Å²) in [6.07, 6.45) is 1.82. The van der Waals surface area contributed by atoms with Crippen LogP contribution in [0.2, 0.25) is 0 Å². The number of fused-ring (bicyclic) bond motifs is 2. The minimum atomic E-state index is -0.228. The van der Waals surface area contributed by atoms with E-state index in [0.717, 1.165) is 12.8 Å². The molecular weight excluding hydrogens is 268 g/mol. The Morgan fingerprint density at radius 3 is 2.71 bits per heavy atom. The number of piperidine rings is 1. The van der Waals surface area contributed by atoms with Gasteiger partial charge >= 0.3 is 0 Å². The van der Waals surface area contributed by atoms with Crippen LogP contribution in [-0.4, -0.2) is 48.3 Å². The van der Waals surface area contributed by atoms with Crippen molar-refractivity contribution < 1.29 is 14.6 Å². The van der Waals surface area contributed by atoms with Gasteiger partial charge < -0.3 is 20.5 Å². The highest BCUT2D eigenvalue weighted by atomic mass is 16.5. The largest absolute Gasteiger partial charge is 0.492 e. The van der Waals surface area contributed by atoms with Crippen molar-refractivity contribution in [2.75, 3.05) is 26.2 Å². The van der Waals surface area contributed by atoms with Crippen LogP contribution in [0.3, 0.4) is 0 Å². The van der Waals surface area contributed by atoms with Crippen LogP contribution in [0.1, 0.15) is 23.2 Å². The van der Waals surface area contributed by atoms with E-state index in [2.05, 4.69) is 0 Å². The van der Waals surface area contributed by atoms with Gasteiger partial charge in [-0.2, -0.15) is 0 Å². The fourth-order valence-electron chi connectivity index (χ4n) is 3.44. The van der Waals surface area contributed by atoms with E-state index in [9.17, 15) is 9.90 Å². The molecule has 1 aliphatic carbocycles. The SMILES string of the molecule is NCCOc1cccc(C(=O)N2C[C@H]3CC[C@@H](C2)C3O)c1. The predicted molar refractivity (Wildman–Crippen MR) is 79.1 cm³/mol. The molecule has 3 atom stereocenters. The second kappa shape index (κ2) is 6.03. The highest BCUT2D eigenvalue weighted by molar-refractivity contribution is 5.94. The molecule has 1 aromatic carbocycles. The molecule has 2 fully saturated rings. The summed E-state index contributed by atoms with van der Waals surface area (Å²) in [4.78, 5) is 14.5. The van der Waals surface area contributed by atoms with Crippen molar-refractivity contribution in [1.82, 2.24) is 4.90 Å². The van der Waals surface area contributed by atoms with Crippen LogP contribution in [0, 0.1) is 11.8 Å². The van der Waals surface area contributed by atoms with Gasteiger partial charge in [-0.1, -0.05) is 6.07 Å². The van der Waals surface area contributed by atoms with Crippen LogP contribution in [0.15, 0.2) is 24.3 Å². The Hall–Kier alpha value is -1.59. The molecule has 21 heavy (non-hydrogen) atoms. The van der Waals surface area contributed by atoms with E-state index in [-0.39, 0.29) is 23.8 Å². The van der Waals surface area contributed by atoms with Crippen molar-refractivity contribution in [1.29, 1.82) is 0 Å². The molecule has 1 unspecified atom stereocenters. The van der Waals surface area contributed by atoms with Crippen molar-refractivity contribution >= 4 is 5.91 Å². The lowest BCUT2D eigenvalue weighted by atomic mass is 9.94. The number of likely N-dealkylation sites (tertiary alicyclic amines) is 1. The maximum absolute atomic E-state index is 12.6. The van der Waals surface area contributed by atoms with Gasteiger partial charge in [-0.3, -0.25) is 4.79 Å². The number of aliphatic hydroxyl groups excluding tert-OH is 1. The van der Waals surface area contributed by atoms with Crippen molar-refractivity contribution in [2.24, 2.45) is 17.6 Å². The quantitative estimate of drug-likeness (QED) is 0.862. The summed E-state index contributed by atoms with van der Waals surface area (Å²) in [7, 11) is 0. The highest BCUT2D eigenvalue weighted by Gasteiger charge is 2.42. The number of hydrogen-bond acceptors (Lipinski definition) is 4. The monoisotopic (exact) mass is 290 g/mol. The Kier molecular flexibility index (Phi) is 4.12. The van der Waals surface area contributed by atoms with Crippen molar-refractivity contribution in [3.05, 3.63) is 29.8 Å². The number of carbonyl (C=O) groups excluding carboxylic acids is 1. The van der Waals surface area contributed by atoms with E-state index < -0.39 is 0 Å². The number of carbonyl (C=O) groups is 1. The topological polar surface area (TPSA) is 75.8 Å². The van der Waals surface area contributed by atoms with Crippen LogP contribution in [0.4, 0.5) is 0 Å². The van der Waals surface area contributed by atoms with Gasteiger partial charge in [-0.05, 0) is 31.0 Å². The lowest BCUT2D eigenvalue weighted by Gasteiger charge is -2.35. The summed E-state index contributed by atoms with van der Waals surface area (Å²) in [5, 5.41) is 10.1. The van der Waals surface area contributed by atoms with Gasteiger partial charge in [0.2, 0.25) is 0 Å². The van der Waals surface area contributed by atoms with E-state index >= 15 is 0 Å². The smallest absolute Gasteiger partial charge is 0.254 e. The van der Waals surface area contributed by atoms with Gasteiger partial charge in [-0.15, -0.1) is 0 Å². The van der Waals surface area contributed by atoms with Gasteiger partial charge in [0.05, 0.1) is 6.10 Å². The van der Waals surface area contributed by atoms with Gasteiger partial charge in [0.1, 0.15) is 12.4 Å². The van der Waals surface area contributed by atoms with E-state index in [1.54, 1.807) is 6.07 Å². The van der Waals surface area contributed by atoms with Crippen molar-refractivity contribution in [3.63, 3.8) is 0 Å². The Morgan fingerprint density at radius 1 is 1.33 bits per heavy atom. The number of ether oxygens (including phenoxy) is 1. The molecule has 5 nitrogen and oxygen atoms in total. The first kappa shape index (κ1) is 14.4. The molecule has 1 saturated carbocycles. The van der Waals surface area contributed by atoms with E-state index in [1.165, 1.54) is 0 Å². The molecule has 114 valence electrons. The molecule has 0 aromatic heterocycles. The third-order valence-electron chi connectivity index (χ3n) is 4.54. The number of nitrogens with two attached hydrogens (primary N) is 1. The molecule has 5 heteroatoms. The molecule has 1 aromatic rings. The maximum atomic E-state index is 12.6. The molecule has 1 heterocycles. The van der Waals surface area contributed by atoms with Gasteiger partial charge in [0.15, 0.2) is 0 Å². The summed E-state index contributed by atoms with van der Waals surface area (Å²) in [5.74, 6) is 1.18. The summed E-state index contributed by atoms with van der Waals surface area (Å²) in [6.45, 7) is 2.21. The van der Waals surface area contributed by atoms with Crippen LogP contribution < -0.4 is 10.5 Å². The Bertz CT molecular complexity index is 506. The third-order valence-corrected chi connectivity index (χ3v) is 4.54. The molecule has 0 radical (unpaired) electrons. The number of benzene rings is 1. The zero-order chi connectivity index (χ0) is 14.8. The fraction of sp³-hybridized carbons (Fsp3) is 0.562. The van der Waals surface area contributed by atoms with Gasteiger partial charge in [0, 0.05) is 37.0 Å². The summed E-state index contributed by atoms with van der Waals surface area (Å²) >= 11 is 0. The normalized spacial score (nSPS) is 27.7. The fourth-order valence-corrected chi connectivity index (χ4v) is 3.44. The van der Waals surface area contributed by atoms with Gasteiger partial charge in [0.25, 0.3) is 5.91 Å². The number of nitrogens with zero attached hydrogens (tertiary/aromatic N) is 1. The zero-order valence-electron chi connectivity index (χ0n) is 12.1. The first-order chi connectivity index (χ1) is 10.2. The second-order valence-corrected chi connectivity index (χ2v) is 5.96. The molecule has 2 bridgehead atoms. The first-order valence-electron chi connectivity index (χ1n) is 7.59. The minimum absolute atomic E-state index is 0.0250. The van der Waals surface area contributed by atoms with Crippen LogP contribution >= 0.6 is 0 Å². The standard InChI is InChI=1S/C16H22N2O3/c17-6-7-21-14-3-1-2-11(8-14)16(20)18-9-12-4-5-13(10-18)15(12)19/h1-3,8,12-13,15,19H,4-7,9-10,17H2/t12-,13+,15?. The first-order valence-corrected chi connectivity index (χ1v) is 7.59.